The van der Waals surface area contributed by atoms with Crippen molar-refractivity contribution in [2.24, 2.45) is 0 Å². The number of carboxylic acids is 1. The molecule has 0 aromatic carbocycles. The standard InChI is InChI=1S/C14H19N3O2/c18-14(19)7-11-3-1-2-6-17(11)13-8-12(10-4-5-10)15-9-16-13/h8-11H,1-7H2,(H,18,19). The lowest BCUT2D eigenvalue weighted by Gasteiger charge is -2.36. The molecule has 1 aliphatic carbocycles. The van der Waals surface area contributed by atoms with E-state index >= 15 is 0 Å². The van der Waals surface area contributed by atoms with Gasteiger partial charge in [0.2, 0.25) is 0 Å². The van der Waals surface area contributed by atoms with Crippen molar-refractivity contribution < 1.29 is 9.90 Å². The number of nitrogens with zero attached hydrogens (tertiary/aromatic N) is 3. The summed E-state index contributed by atoms with van der Waals surface area (Å²) in [7, 11) is 0. The first kappa shape index (κ1) is 12.4. The van der Waals surface area contributed by atoms with Gasteiger partial charge in [-0.2, -0.15) is 0 Å². The Hall–Kier alpha value is -1.65. The molecule has 102 valence electrons. The molecule has 2 fully saturated rings. The summed E-state index contributed by atoms with van der Waals surface area (Å²) in [5.74, 6) is 0.778. The van der Waals surface area contributed by atoms with Crippen molar-refractivity contribution in [1.29, 1.82) is 0 Å². The summed E-state index contributed by atoms with van der Waals surface area (Å²) in [6.45, 7) is 0.902. The summed E-state index contributed by atoms with van der Waals surface area (Å²) >= 11 is 0. The van der Waals surface area contributed by atoms with Crippen molar-refractivity contribution in [3.63, 3.8) is 0 Å². The number of carbonyl (C=O) groups is 1. The van der Waals surface area contributed by atoms with Gasteiger partial charge in [-0.15, -0.1) is 0 Å². The minimum Gasteiger partial charge on any atom is -0.481 e. The number of aliphatic carboxylic acids is 1. The fraction of sp³-hybridized carbons (Fsp3) is 0.643. The summed E-state index contributed by atoms with van der Waals surface area (Å²) in [6, 6.07) is 2.13. The Morgan fingerprint density at radius 2 is 2.16 bits per heavy atom. The van der Waals surface area contributed by atoms with E-state index in [4.69, 9.17) is 5.11 Å². The molecule has 5 heteroatoms. The van der Waals surface area contributed by atoms with Gasteiger partial charge in [-0.25, -0.2) is 9.97 Å². The third kappa shape index (κ3) is 2.85. The molecule has 0 bridgehead atoms. The second-order valence-electron chi connectivity index (χ2n) is 5.52. The first-order valence-electron chi connectivity index (χ1n) is 7.04. The van der Waals surface area contributed by atoms with Crippen LogP contribution in [0.2, 0.25) is 0 Å². The summed E-state index contributed by atoms with van der Waals surface area (Å²) in [6.07, 6.45) is 7.41. The number of carboxylic acid groups (broad SMARTS) is 1. The lowest BCUT2D eigenvalue weighted by atomic mass is 9.99. The topological polar surface area (TPSA) is 66.3 Å². The number of hydrogen-bond acceptors (Lipinski definition) is 4. The minimum absolute atomic E-state index is 0.0770. The van der Waals surface area contributed by atoms with E-state index in [1.807, 2.05) is 0 Å². The highest BCUT2D eigenvalue weighted by molar-refractivity contribution is 5.68. The smallest absolute Gasteiger partial charge is 0.305 e. The summed E-state index contributed by atoms with van der Waals surface area (Å²) in [4.78, 5) is 21.8. The molecule has 1 aromatic rings. The van der Waals surface area contributed by atoms with Crippen LogP contribution in [0.5, 0.6) is 0 Å². The average molecular weight is 261 g/mol. The van der Waals surface area contributed by atoms with Gasteiger partial charge in [0, 0.05) is 30.3 Å². The Morgan fingerprint density at radius 1 is 1.32 bits per heavy atom. The van der Waals surface area contributed by atoms with Crippen molar-refractivity contribution in [3.8, 4) is 0 Å². The van der Waals surface area contributed by atoms with Crippen LogP contribution in [0.15, 0.2) is 12.4 Å². The molecular weight excluding hydrogens is 242 g/mol. The molecule has 19 heavy (non-hydrogen) atoms. The number of rotatable bonds is 4. The Kier molecular flexibility index (Phi) is 3.36. The van der Waals surface area contributed by atoms with E-state index in [0.717, 1.165) is 37.3 Å². The molecule has 1 saturated carbocycles. The summed E-state index contributed by atoms with van der Waals surface area (Å²) in [5, 5.41) is 9.02. The van der Waals surface area contributed by atoms with Gasteiger partial charge < -0.3 is 10.0 Å². The van der Waals surface area contributed by atoms with Gasteiger partial charge in [0.15, 0.2) is 0 Å². The normalized spacial score (nSPS) is 23.4. The first-order valence-corrected chi connectivity index (χ1v) is 7.04. The van der Waals surface area contributed by atoms with Gasteiger partial charge >= 0.3 is 5.97 Å². The molecule has 2 heterocycles. The Morgan fingerprint density at radius 3 is 2.89 bits per heavy atom. The average Bonchev–Trinajstić information content (AvgIpc) is 3.23. The molecule has 3 rings (SSSR count). The minimum atomic E-state index is -0.728. The van der Waals surface area contributed by atoms with Crippen molar-refractivity contribution in [2.75, 3.05) is 11.4 Å². The van der Waals surface area contributed by atoms with E-state index in [1.165, 1.54) is 12.8 Å². The molecule has 1 aromatic heterocycles. The summed E-state index contributed by atoms with van der Waals surface area (Å²) in [5.41, 5.74) is 1.12. The monoisotopic (exact) mass is 261 g/mol. The molecule has 1 N–H and O–H groups in total. The van der Waals surface area contributed by atoms with Gasteiger partial charge in [-0.1, -0.05) is 0 Å². The molecule has 0 radical (unpaired) electrons. The summed E-state index contributed by atoms with van der Waals surface area (Å²) < 4.78 is 0. The maximum Gasteiger partial charge on any atom is 0.305 e. The molecule has 5 nitrogen and oxygen atoms in total. The van der Waals surface area contributed by atoms with Crippen LogP contribution in [0.25, 0.3) is 0 Å². The molecular formula is C14H19N3O2. The third-order valence-corrected chi connectivity index (χ3v) is 4.00. The quantitative estimate of drug-likeness (QED) is 0.900. The van der Waals surface area contributed by atoms with Crippen LogP contribution in [0.1, 0.15) is 50.1 Å². The number of anilines is 1. The van der Waals surface area contributed by atoms with E-state index in [9.17, 15) is 4.79 Å². The number of aromatic nitrogens is 2. The van der Waals surface area contributed by atoms with E-state index in [0.29, 0.717) is 5.92 Å². The third-order valence-electron chi connectivity index (χ3n) is 4.00. The fourth-order valence-electron chi connectivity index (χ4n) is 2.84. The molecule has 0 amide bonds. The number of hydrogen-bond donors (Lipinski definition) is 1. The highest BCUT2D eigenvalue weighted by Gasteiger charge is 2.29. The highest BCUT2D eigenvalue weighted by atomic mass is 16.4. The predicted molar refractivity (Wildman–Crippen MR) is 71.2 cm³/mol. The molecule has 1 aliphatic heterocycles. The second kappa shape index (κ2) is 5.15. The zero-order valence-electron chi connectivity index (χ0n) is 11.0. The molecule has 0 spiro atoms. The predicted octanol–water partition coefficient (Wildman–Crippen LogP) is 2.19. The molecule has 1 atom stereocenters. The molecule has 2 aliphatic rings. The molecule has 1 saturated heterocycles. The van der Waals surface area contributed by atoms with E-state index in [2.05, 4.69) is 20.9 Å². The first-order chi connectivity index (χ1) is 9.24. The maximum absolute atomic E-state index is 11.0. The van der Waals surface area contributed by atoms with E-state index in [1.54, 1.807) is 6.33 Å². The van der Waals surface area contributed by atoms with Crippen molar-refractivity contribution in [3.05, 3.63) is 18.1 Å². The van der Waals surface area contributed by atoms with E-state index < -0.39 is 5.97 Å². The van der Waals surface area contributed by atoms with Gasteiger partial charge in [-0.05, 0) is 32.1 Å². The lowest BCUT2D eigenvalue weighted by molar-refractivity contribution is -0.137. The largest absolute Gasteiger partial charge is 0.481 e. The van der Waals surface area contributed by atoms with Gasteiger partial charge in [-0.3, -0.25) is 4.79 Å². The van der Waals surface area contributed by atoms with Crippen LogP contribution >= 0.6 is 0 Å². The Balaban J connectivity index is 1.80. The van der Waals surface area contributed by atoms with Crippen molar-refractivity contribution >= 4 is 11.8 Å². The van der Waals surface area contributed by atoms with Crippen molar-refractivity contribution in [2.45, 2.75) is 50.5 Å². The van der Waals surface area contributed by atoms with Gasteiger partial charge in [0.05, 0.1) is 6.42 Å². The number of piperidine rings is 1. The second-order valence-corrected chi connectivity index (χ2v) is 5.52. The lowest BCUT2D eigenvalue weighted by Crippen LogP contribution is -2.41. The van der Waals surface area contributed by atoms with Gasteiger partial charge in [0.25, 0.3) is 0 Å². The fourth-order valence-corrected chi connectivity index (χ4v) is 2.84. The SMILES string of the molecule is O=C(O)CC1CCCCN1c1cc(C2CC2)ncn1. The zero-order valence-corrected chi connectivity index (χ0v) is 11.0. The van der Waals surface area contributed by atoms with Crippen LogP contribution in [0.4, 0.5) is 5.82 Å². The van der Waals surface area contributed by atoms with Crippen LogP contribution in [-0.4, -0.2) is 33.6 Å². The highest BCUT2D eigenvalue weighted by Crippen LogP contribution is 2.39. The Bertz CT molecular complexity index is 474. The van der Waals surface area contributed by atoms with Crippen molar-refractivity contribution in [1.82, 2.24) is 9.97 Å². The van der Waals surface area contributed by atoms with Crippen LogP contribution < -0.4 is 4.90 Å². The van der Waals surface area contributed by atoms with Gasteiger partial charge in [0.1, 0.15) is 12.1 Å². The van der Waals surface area contributed by atoms with Crippen LogP contribution in [0.3, 0.4) is 0 Å². The maximum atomic E-state index is 11.0. The Labute approximate surface area is 112 Å². The zero-order chi connectivity index (χ0) is 13.2. The van der Waals surface area contributed by atoms with Crippen LogP contribution in [0, 0.1) is 0 Å². The molecule has 1 unspecified atom stereocenters. The van der Waals surface area contributed by atoms with Crippen LogP contribution in [-0.2, 0) is 4.79 Å². The van der Waals surface area contributed by atoms with E-state index in [-0.39, 0.29) is 12.5 Å².